The number of carbonyl (C=O) groups excluding carboxylic acids is 1. The smallest absolute Gasteiger partial charge is 0.246 e. The lowest BCUT2D eigenvalue weighted by Gasteiger charge is -2.23. The normalized spacial score (nSPS) is 18.4. The van der Waals surface area contributed by atoms with Gasteiger partial charge in [0.1, 0.15) is 35.3 Å². The van der Waals surface area contributed by atoms with Crippen LogP contribution < -0.4 is 19.1 Å². The summed E-state index contributed by atoms with van der Waals surface area (Å²) in [6, 6.07) is 21.1. The van der Waals surface area contributed by atoms with E-state index in [2.05, 4.69) is 6.07 Å². The number of benzene rings is 3. The van der Waals surface area contributed by atoms with Gasteiger partial charge in [0.25, 0.3) is 0 Å². The third-order valence-corrected chi connectivity index (χ3v) is 6.09. The highest BCUT2D eigenvalue weighted by Gasteiger charge is 2.57. The van der Waals surface area contributed by atoms with Crippen LogP contribution in [0.3, 0.4) is 0 Å². The van der Waals surface area contributed by atoms with Gasteiger partial charge in [-0.3, -0.25) is 4.79 Å². The number of ether oxygens (including phenoxy) is 3. The first-order valence-electron chi connectivity index (χ1n) is 9.92. The molecule has 0 fully saturated rings. The van der Waals surface area contributed by atoms with Crippen molar-refractivity contribution in [1.29, 1.82) is 5.26 Å². The van der Waals surface area contributed by atoms with E-state index in [9.17, 15) is 10.1 Å². The molecule has 1 atom stereocenters. The van der Waals surface area contributed by atoms with Crippen LogP contribution in [0.2, 0.25) is 0 Å². The Morgan fingerprint density at radius 3 is 2.55 bits per heavy atom. The maximum absolute atomic E-state index is 13.9. The second-order valence-electron chi connectivity index (χ2n) is 7.61. The van der Waals surface area contributed by atoms with Crippen LogP contribution in [0, 0.1) is 11.3 Å². The molecule has 0 bridgehead atoms. The van der Waals surface area contributed by atoms with E-state index in [4.69, 9.17) is 14.2 Å². The van der Waals surface area contributed by atoms with Gasteiger partial charge < -0.3 is 19.1 Å². The molecule has 5 rings (SSSR count). The van der Waals surface area contributed by atoms with Crippen molar-refractivity contribution in [2.45, 2.75) is 12.0 Å². The van der Waals surface area contributed by atoms with Crippen molar-refractivity contribution >= 4 is 11.6 Å². The predicted molar refractivity (Wildman–Crippen MR) is 115 cm³/mol. The molecule has 0 N–H and O–H groups in total. The minimum absolute atomic E-state index is 0.0580. The van der Waals surface area contributed by atoms with Crippen LogP contribution in [0.5, 0.6) is 17.2 Å². The molecule has 1 spiro atoms. The topological polar surface area (TPSA) is 71.8 Å². The van der Waals surface area contributed by atoms with Crippen LogP contribution in [-0.4, -0.2) is 26.7 Å². The number of nitriles is 1. The van der Waals surface area contributed by atoms with E-state index in [1.165, 1.54) is 7.11 Å². The fourth-order valence-electron chi connectivity index (χ4n) is 4.53. The Kier molecular flexibility index (Phi) is 4.33. The van der Waals surface area contributed by atoms with Gasteiger partial charge in [-0.2, -0.15) is 5.26 Å². The summed E-state index contributed by atoms with van der Waals surface area (Å²) in [7, 11) is 3.14. The quantitative estimate of drug-likeness (QED) is 0.652. The van der Waals surface area contributed by atoms with Crippen molar-refractivity contribution in [3.63, 3.8) is 0 Å². The molecular weight excluding hydrogens is 392 g/mol. The van der Waals surface area contributed by atoms with Crippen molar-refractivity contribution in [2.75, 3.05) is 25.7 Å². The maximum atomic E-state index is 13.9. The first-order chi connectivity index (χ1) is 15.1. The fourth-order valence-corrected chi connectivity index (χ4v) is 4.53. The molecule has 1 amide bonds. The number of nitrogens with zero attached hydrogens (tertiary/aromatic N) is 2. The second kappa shape index (κ2) is 7.06. The Balaban J connectivity index is 1.62. The van der Waals surface area contributed by atoms with E-state index in [0.717, 1.165) is 22.6 Å². The summed E-state index contributed by atoms with van der Waals surface area (Å²) < 4.78 is 16.5. The van der Waals surface area contributed by atoms with Crippen molar-refractivity contribution in [3.05, 3.63) is 82.9 Å². The zero-order valence-electron chi connectivity index (χ0n) is 17.2. The molecule has 154 valence electrons. The van der Waals surface area contributed by atoms with E-state index in [-0.39, 0.29) is 12.5 Å². The summed E-state index contributed by atoms with van der Waals surface area (Å²) in [5.41, 5.74) is 2.85. The van der Waals surface area contributed by atoms with Gasteiger partial charge in [0.2, 0.25) is 5.91 Å². The molecular formula is C25H20N2O4. The molecule has 3 aromatic carbocycles. The number of fused-ring (bicyclic) bond motifs is 4. The minimum atomic E-state index is -0.976. The monoisotopic (exact) mass is 412 g/mol. The number of methoxy groups -OCH3 is 2. The number of anilines is 1. The average molecular weight is 412 g/mol. The Bertz CT molecular complexity index is 1230. The SMILES string of the molecule is COc1ccc(CN2C(=O)C3(COc4cc(OC)c(C#N)cc43)c3ccccc32)cc1. The van der Waals surface area contributed by atoms with Crippen molar-refractivity contribution < 1.29 is 19.0 Å². The number of hydrogen-bond acceptors (Lipinski definition) is 5. The van der Waals surface area contributed by atoms with E-state index in [1.54, 1.807) is 24.1 Å². The summed E-state index contributed by atoms with van der Waals surface area (Å²) in [5, 5.41) is 9.59. The van der Waals surface area contributed by atoms with Crippen LogP contribution in [0.4, 0.5) is 5.69 Å². The molecule has 0 aliphatic carbocycles. The lowest BCUT2D eigenvalue weighted by molar-refractivity contribution is -0.122. The molecule has 2 aliphatic rings. The Hall–Kier alpha value is -3.98. The highest BCUT2D eigenvalue weighted by atomic mass is 16.5. The van der Waals surface area contributed by atoms with Gasteiger partial charge in [0.15, 0.2) is 0 Å². The zero-order valence-corrected chi connectivity index (χ0v) is 17.2. The van der Waals surface area contributed by atoms with Crippen LogP contribution in [0.1, 0.15) is 22.3 Å². The van der Waals surface area contributed by atoms with Gasteiger partial charge in [-0.15, -0.1) is 0 Å². The van der Waals surface area contributed by atoms with Crippen LogP contribution in [0.25, 0.3) is 0 Å². The first-order valence-corrected chi connectivity index (χ1v) is 9.92. The molecule has 2 heterocycles. The van der Waals surface area contributed by atoms with Gasteiger partial charge in [0, 0.05) is 17.3 Å². The average Bonchev–Trinajstić information content (AvgIpc) is 3.30. The number of amides is 1. The van der Waals surface area contributed by atoms with E-state index < -0.39 is 5.41 Å². The molecule has 3 aromatic rings. The number of rotatable bonds is 4. The molecule has 6 nitrogen and oxygen atoms in total. The molecule has 0 saturated heterocycles. The first kappa shape index (κ1) is 19.0. The Morgan fingerprint density at radius 2 is 1.84 bits per heavy atom. The highest BCUT2D eigenvalue weighted by molar-refractivity contribution is 6.11. The lowest BCUT2D eigenvalue weighted by atomic mass is 9.76. The van der Waals surface area contributed by atoms with E-state index in [1.807, 2.05) is 48.5 Å². The predicted octanol–water partition coefficient (Wildman–Crippen LogP) is 3.80. The third kappa shape index (κ3) is 2.67. The highest BCUT2D eigenvalue weighted by Crippen LogP contribution is 2.53. The largest absolute Gasteiger partial charge is 0.497 e. The Labute approximate surface area is 180 Å². The molecule has 1 unspecified atom stereocenters. The number of hydrogen-bond donors (Lipinski definition) is 0. The van der Waals surface area contributed by atoms with Crippen LogP contribution in [-0.2, 0) is 16.8 Å². The minimum Gasteiger partial charge on any atom is -0.497 e. The van der Waals surface area contributed by atoms with E-state index in [0.29, 0.717) is 29.2 Å². The van der Waals surface area contributed by atoms with Crippen molar-refractivity contribution in [2.24, 2.45) is 0 Å². The van der Waals surface area contributed by atoms with Crippen LogP contribution >= 0.6 is 0 Å². The summed E-state index contributed by atoms with van der Waals surface area (Å²) in [6.45, 7) is 0.619. The summed E-state index contributed by atoms with van der Waals surface area (Å²) >= 11 is 0. The molecule has 0 radical (unpaired) electrons. The summed E-state index contributed by atoms with van der Waals surface area (Å²) in [4.78, 5) is 15.7. The molecule has 0 saturated carbocycles. The summed E-state index contributed by atoms with van der Waals surface area (Å²) in [5.74, 6) is 1.72. The molecule has 0 aromatic heterocycles. The molecule has 31 heavy (non-hydrogen) atoms. The van der Waals surface area contributed by atoms with Gasteiger partial charge >= 0.3 is 0 Å². The Morgan fingerprint density at radius 1 is 1.06 bits per heavy atom. The standard InChI is InChI=1S/C25H20N2O4/c1-29-18-9-7-16(8-10-18)14-27-21-6-4-3-5-19(21)25(24(27)28)15-31-23-12-22(30-2)17(13-26)11-20(23)25/h3-12H,14-15H2,1-2H3. The fraction of sp³-hybridized carbons (Fsp3) is 0.200. The summed E-state index contributed by atoms with van der Waals surface area (Å²) in [6.07, 6.45) is 0. The maximum Gasteiger partial charge on any atom is 0.246 e. The van der Waals surface area contributed by atoms with E-state index >= 15 is 0 Å². The zero-order chi connectivity index (χ0) is 21.6. The molecule has 2 aliphatic heterocycles. The lowest BCUT2D eigenvalue weighted by Crippen LogP contribution is -2.42. The van der Waals surface area contributed by atoms with Crippen molar-refractivity contribution in [3.8, 4) is 23.3 Å². The van der Waals surface area contributed by atoms with Crippen molar-refractivity contribution in [1.82, 2.24) is 0 Å². The van der Waals surface area contributed by atoms with Crippen LogP contribution in [0.15, 0.2) is 60.7 Å². The van der Waals surface area contributed by atoms with Gasteiger partial charge in [-0.1, -0.05) is 30.3 Å². The van der Waals surface area contributed by atoms with Gasteiger partial charge in [0.05, 0.1) is 26.3 Å². The van der Waals surface area contributed by atoms with Gasteiger partial charge in [-0.25, -0.2) is 0 Å². The molecule has 6 heteroatoms. The third-order valence-electron chi connectivity index (χ3n) is 6.09. The number of carbonyl (C=O) groups is 1. The number of para-hydroxylation sites is 1. The van der Waals surface area contributed by atoms with Gasteiger partial charge in [-0.05, 0) is 35.4 Å². The second-order valence-corrected chi connectivity index (χ2v) is 7.61.